The normalized spacial score (nSPS) is 10.0. The van der Waals surface area contributed by atoms with Crippen LogP contribution in [0.2, 0.25) is 0 Å². The fourth-order valence-electron chi connectivity index (χ4n) is 0.986. The summed E-state index contributed by atoms with van der Waals surface area (Å²) < 4.78 is 1.09. The molecule has 2 nitrogen and oxygen atoms in total. The van der Waals surface area contributed by atoms with Crippen LogP contribution in [0.25, 0.3) is 0 Å². The number of carbonyl (C=O) groups excluding carboxylic acids is 1. The van der Waals surface area contributed by atoms with Crippen LogP contribution < -0.4 is 5.73 Å². The van der Waals surface area contributed by atoms with Crippen LogP contribution in [0.15, 0.2) is 18.2 Å². The molecule has 13 heavy (non-hydrogen) atoms. The molecule has 0 unspecified atom stereocenters. The second kappa shape index (κ2) is 4.95. The summed E-state index contributed by atoms with van der Waals surface area (Å²) in [6.07, 6.45) is 0.411. The molecular formula is C9H9BrINO. The Balaban J connectivity index is 2.83. The lowest BCUT2D eigenvalue weighted by Gasteiger charge is -2.03. The topological polar surface area (TPSA) is 43.1 Å². The van der Waals surface area contributed by atoms with Gasteiger partial charge >= 0.3 is 0 Å². The molecule has 0 aromatic heterocycles. The number of alkyl halides is 1. The lowest BCUT2D eigenvalue weighted by molar-refractivity contribution is -0.115. The second-order valence-corrected chi connectivity index (χ2v) is 4.50. The molecule has 0 radical (unpaired) electrons. The van der Waals surface area contributed by atoms with Crippen LogP contribution in [0, 0.1) is 3.57 Å². The number of benzene rings is 1. The summed E-state index contributed by atoms with van der Waals surface area (Å²) in [4.78, 5) is 11.1. The van der Waals surface area contributed by atoms with Crippen LogP contribution in [0.5, 0.6) is 0 Å². The Hall–Kier alpha value is -0.100. The van der Waals surface area contributed by atoms with Crippen molar-refractivity contribution in [2.24, 2.45) is 0 Å². The van der Waals surface area contributed by atoms with Crippen LogP contribution in [-0.2, 0) is 11.2 Å². The van der Waals surface area contributed by atoms with Gasteiger partial charge in [0.2, 0.25) is 0 Å². The van der Waals surface area contributed by atoms with E-state index in [9.17, 15) is 4.79 Å². The highest BCUT2D eigenvalue weighted by Crippen LogP contribution is 2.16. The van der Waals surface area contributed by atoms with Crippen molar-refractivity contribution < 1.29 is 4.79 Å². The minimum Gasteiger partial charge on any atom is -0.398 e. The molecule has 0 heterocycles. The number of rotatable bonds is 3. The van der Waals surface area contributed by atoms with Gasteiger partial charge in [-0.25, -0.2) is 0 Å². The average Bonchev–Trinajstić information content (AvgIpc) is 2.09. The van der Waals surface area contributed by atoms with Crippen LogP contribution >= 0.6 is 38.5 Å². The Morgan fingerprint density at radius 3 is 2.77 bits per heavy atom. The van der Waals surface area contributed by atoms with E-state index >= 15 is 0 Å². The lowest BCUT2D eigenvalue weighted by atomic mass is 10.1. The Labute approximate surface area is 99.2 Å². The molecule has 4 heteroatoms. The van der Waals surface area contributed by atoms with Gasteiger partial charge in [0, 0.05) is 15.7 Å². The Morgan fingerprint density at radius 1 is 1.54 bits per heavy atom. The van der Waals surface area contributed by atoms with Gasteiger partial charge in [-0.3, -0.25) is 4.79 Å². The number of ketones is 1. The molecule has 0 saturated carbocycles. The summed E-state index contributed by atoms with van der Waals surface area (Å²) in [6, 6.07) is 5.73. The van der Waals surface area contributed by atoms with E-state index in [1.54, 1.807) is 0 Å². The zero-order valence-electron chi connectivity index (χ0n) is 6.89. The number of hydrogen-bond donors (Lipinski definition) is 1. The zero-order valence-corrected chi connectivity index (χ0v) is 10.6. The fraction of sp³-hybridized carbons (Fsp3) is 0.222. The summed E-state index contributed by atoms with van der Waals surface area (Å²) in [6.45, 7) is 0. The molecule has 1 aromatic rings. The molecule has 0 saturated heterocycles. The molecule has 0 aliphatic carbocycles. The lowest BCUT2D eigenvalue weighted by Crippen LogP contribution is -2.06. The summed E-state index contributed by atoms with van der Waals surface area (Å²) in [5.74, 6) is 0.146. The first kappa shape index (κ1) is 11.0. The van der Waals surface area contributed by atoms with Gasteiger partial charge in [0.1, 0.15) is 5.78 Å². The summed E-state index contributed by atoms with van der Waals surface area (Å²) in [7, 11) is 0. The predicted molar refractivity (Wildman–Crippen MR) is 66.1 cm³/mol. The van der Waals surface area contributed by atoms with Crippen LogP contribution in [0.4, 0.5) is 5.69 Å². The van der Waals surface area contributed by atoms with Crippen molar-refractivity contribution in [3.05, 3.63) is 27.3 Å². The largest absolute Gasteiger partial charge is 0.398 e. The number of carbonyl (C=O) groups is 1. The Bertz CT molecular complexity index is 327. The van der Waals surface area contributed by atoms with Crippen molar-refractivity contribution in [2.75, 3.05) is 11.1 Å². The average molecular weight is 354 g/mol. The maximum Gasteiger partial charge on any atom is 0.147 e. The highest BCUT2D eigenvalue weighted by atomic mass is 127. The third-order valence-electron chi connectivity index (χ3n) is 1.64. The van der Waals surface area contributed by atoms with Gasteiger partial charge in [-0.05, 0) is 40.3 Å². The number of halogens is 2. The molecule has 1 rings (SSSR count). The monoisotopic (exact) mass is 353 g/mol. The molecule has 0 fully saturated rings. The van der Waals surface area contributed by atoms with E-state index in [2.05, 4.69) is 38.5 Å². The maximum absolute atomic E-state index is 11.1. The van der Waals surface area contributed by atoms with Crippen molar-refractivity contribution in [2.45, 2.75) is 6.42 Å². The summed E-state index contributed by atoms with van der Waals surface area (Å²) in [5.41, 5.74) is 7.35. The highest BCUT2D eigenvalue weighted by Gasteiger charge is 2.04. The molecule has 0 spiro atoms. The van der Waals surface area contributed by atoms with E-state index in [0.29, 0.717) is 17.4 Å². The second-order valence-electron chi connectivity index (χ2n) is 2.69. The van der Waals surface area contributed by atoms with Gasteiger partial charge < -0.3 is 5.73 Å². The Kier molecular flexibility index (Phi) is 4.18. The molecule has 2 N–H and O–H groups in total. The maximum atomic E-state index is 11.1. The standard InChI is InChI=1S/C9H9BrINO/c10-5-8(13)3-6-1-2-7(11)4-9(6)12/h1-2,4H,3,5,12H2. The van der Waals surface area contributed by atoms with Gasteiger partial charge in [0.15, 0.2) is 0 Å². The molecule has 0 aliphatic heterocycles. The Morgan fingerprint density at radius 2 is 2.23 bits per heavy atom. The van der Waals surface area contributed by atoms with Crippen molar-refractivity contribution in [3.8, 4) is 0 Å². The molecule has 1 aromatic carbocycles. The van der Waals surface area contributed by atoms with E-state index in [1.165, 1.54) is 0 Å². The third kappa shape index (κ3) is 3.27. The SMILES string of the molecule is Nc1cc(I)ccc1CC(=O)CBr. The quantitative estimate of drug-likeness (QED) is 0.515. The molecule has 0 bridgehead atoms. The van der Waals surface area contributed by atoms with Crippen LogP contribution in [0.1, 0.15) is 5.56 Å². The molecule has 0 aliphatic rings. The van der Waals surface area contributed by atoms with Crippen molar-refractivity contribution in [3.63, 3.8) is 0 Å². The van der Waals surface area contributed by atoms with Crippen LogP contribution in [0.3, 0.4) is 0 Å². The summed E-state index contributed by atoms with van der Waals surface area (Å²) >= 11 is 5.31. The first-order chi connectivity index (χ1) is 6.13. The number of Topliss-reactive ketones (excluding diaryl/α,β-unsaturated/α-hetero) is 1. The van der Waals surface area contributed by atoms with E-state index in [4.69, 9.17) is 5.73 Å². The number of anilines is 1. The van der Waals surface area contributed by atoms with Gasteiger partial charge in [0.05, 0.1) is 5.33 Å². The smallest absolute Gasteiger partial charge is 0.147 e. The first-order valence-electron chi connectivity index (χ1n) is 3.75. The molecule has 70 valence electrons. The molecule has 0 amide bonds. The minimum atomic E-state index is 0.146. The van der Waals surface area contributed by atoms with E-state index in [1.807, 2.05) is 18.2 Å². The minimum absolute atomic E-state index is 0.146. The van der Waals surface area contributed by atoms with Gasteiger partial charge in [-0.15, -0.1) is 0 Å². The third-order valence-corrected chi connectivity index (χ3v) is 2.94. The van der Waals surface area contributed by atoms with E-state index in [0.717, 1.165) is 9.13 Å². The predicted octanol–water partition coefficient (Wildman–Crippen LogP) is 2.38. The molecular weight excluding hydrogens is 345 g/mol. The number of nitrogen functional groups attached to an aromatic ring is 1. The van der Waals surface area contributed by atoms with Crippen molar-refractivity contribution in [1.82, 2.24) is 0 Å². The highest BCUT2D eigenvalue weighted by molar-refractivity contribution is 14.1. The van der Waals surface area contributed by atoms with Gasteiger partial charge in [0.25, 0.3) is 0 Å². The number of hydrogen-bond acceptors (Lipinski definition) is 2. The summed E-state index contributed by atoms with van der Waals surface area (Å²) in [5, 5.41) is 0.387. The van der Waals surface area contributed by atoms with Gasteiger partial charge in [-0.1, -0.05) is 22.0 Å². The van der Waals surface area contributed by atoms with Crippen molar-refractivity contribution in [1.29, 1.82) is 0 Å². The zero-order chi connectivity index (χ0) is 9.84. The fourth-order valence-corrected chi connectivity index (χ4v) is 1.70. The first-order valence-corrected chi connectivity index (χ1v) is 5.95. The number of nitrogens with two attached hydrogens (primary N) is 1. The van der Waals surface area contributed by atoms with Crippen LogP contribution in [-0.4, -0.2) is 11.1 Å². The van der Waals surface area contributed by atoms with Gasteiger partial charge in [-0.2, -0.15) is 0 Å². The van der Waals surface area contributed by atoms with E-state index in [-0.39, 0.29) is 5.78 Å². The van der Waals surface area contributed by atoms with E-state index < -0.39 is 0 Å². The molecule has 0 atom stereocenters. The van der Waals surface area contributed by atoms with Crippen molar-refractivity contribution >= 4 is 50.0 Å².